The minimum Gasteiger partial charge on any atom is -0.478 e. The summed E-state index contributed by atoms with van der Waals surface area (Å²) >= 11 is 0. The quantitative estimate of drug-likeness (QED) is 0.569. The van der Waals surface area contributed by atoms with Gasteiger partial charge >= 0.3 is 5.97 Å². The Morgan fingerprint density at radius 3 is 3.00 bits per heavy atom. The maximum absolute atomic E-state index is 10.1. The van der Waals surface area contributed by atoms with Gasteiger partial charge in [-0.1, -0.05) is 6.08 Å². The maximum Gasteiger partial charge on any atom is 0.328 e. The van der Waals surface area contributed by atoms with E-state index in [0.29, 0.717) is 6.54 Å². The Kier molecular flexibility index (Phi) is 3.25. The van der Waals surface area contributed by atoms with E-state index in [0.717, 1.165) is 19.5 Å². The lowest BCUT2D eigenvalue weighted by atomic mass is 10.3. The van der Waals surface area contributed by atoms with Crippen molar-refractivity contribution in [1.29, 1.82) is 0 Å². The fourth-order valence-electron chi connectivity index (χ4n) is 1.33. The third-order valence-electron chi connectivity index (χ3n) is 1.93. The van der Waals surface area contributed by atoms with E-state index in [-0.39, 0.29) is 6.04 Å². The molecule has 4 nitrogen and oxygen atoms in total. The van der Waals surface area contributed by atoms with Crippen LogP contribution < -0.4 is 5.73 Å². The molecule has 0 radical (unpaired) electrons. The first kappa shape index (κ1) is 9.22. The lowest BCUT2D eigenvalue weighted by Crippen LogP contribution is -2.26. The van der Waals surface area contributed by atoms with Crippen LogP contribution in [-0.4, -0.2) is 41.7 Å². The first-order valence-electron chi connectivity index (χ1n) is 4.06. The Labute approximate surface area is 71.7 Å². The molecule has 1 fully saturated rings. The molecule has 0 aromatic rings. The lowest BCUT2D eigenvalue weighted by molar-refractivity contribution is -0.131. The predicted octanol–water partition coefficient (Wildman–Crippen LogP) is -0.340. The number of hydrogen-bond donors (Lipinski definition) is 2. The SMILES string of the molecule is NC1CCN(C/C=C/C(=O)O)C1. The average Bonchev–Trinajstić information content (AvgIpc) is 2.35. The highest BCUT2D eigenvalue weighted by Crippen LogP contribution is 2.05. The molecule has 0 aromatic heterocycles. The summed E-state index contributed by atoms with van der Waals surface area (Å²) in [5, 5.41) is 8.31. The molecule has 12 heavy (non-hydrogen) atoms. The number of nitrogens with zero attached hydrogens (tertiary/aromatic N) is 1. The Bertz CT molecular complexity index is 191. The van der Waals surface area contributed by atoms with Crippen molar-refractivity contribution in [2.75, 3.05) is 19.6 Å². The summed E-state index contributed by atoms with van der Waals surface area (Å²) < 4.78 is 0. The second-order valence-electron chi connectivity index (χ2n) is 3.05. The van der Waals surface area contributed by atoms with E-state index in [1.807, 2.05) is 0 Å². The van der Waals surface area contributed by atoms with Gasteiger partial charge in [-0.05, 0) is 6.42 Å². The van der Waals surface area contributed by atoms with Gasteiger partial charge in [0.25, 0.3) is 0 Å². The van der Waals surface area contributed by atoms with Gasteiger partial charge in [-0.3, -0.25) is 4.90 Å². The van der Waals surface area contributed by atoms with Crippen LogP contribution in [0.15, 0.2) is 12.2 Å². The van der Waals surface area contributed by atoms with Crippen molar-refractivity contribution in [2.45, 2.75) is 12.5 Å². The summed E-state index contributed by atoms with van der Waals surface area (Å²) in [7, 11) is 0. The van der Waals surface area contributed by atoms with Gasteiger partial charge in [0.05, 0.1) is 0 Å². The van der Waals surface area contributed by atoms with Crippen molar-refractivity contribution in [3.63, 3.8) is 0 Å². The standard InChI is InChI=1S/C8H14N2O2/c9-7-3-5-10(6-7)4-1-2-8(11)12/h1-2,7H,3-6,9H2,(H,11,12)/b2-1+. The molecule has 0 aliphatic carbocycles. The van der Waals surface area contributed by atoms with Crippen LogP contribution in [-0.2, 0) is 4.79 Å². The summed E-state index contributed by atoms with van der Waals surface area (Å²) in [5.74, 6) is -0.890. The molecule has 1 aliphatic heterocycles. The molecule has 4 heteroatoms. The Morgan fingerprint density at radius 1 is 1.75 bits per heavy atom. The minimum absolute atomic E-state index is 0.267. The van der Waals surface area contributed by atoms with Crippen LogP contribution in [0.1, 0.15) is 6.42 Å². The van der Waals surface area contributed by atoms with Crippen LogP contribution in [0.3, 0.4) is 0 Å². The molecule has 0 spiro atoms. The van der Waals surface area contributed by atoms with Crippen molar-refractivity contribution >= 4 is 5.97 Å². The summed E-state index contributed by atoms with van der Waals surface area (Å²) in [6.07, 6.45) is 3.84. The molecule has 68 valence electrons. The minimum atomic E-state index is -0.890. The van der Waals surface area contributed by atoms with Crippen LogP contribution in [0.25, 0.3) is 0 Å². The van der Waals surface area contributed by atoms with Gasteiger partial charge in [0.2, 0.25) is 0 Å². The summed E-state index contributed by atoms with van der Waals surface area (Å²) in [6.45, 7) is 2.55. The number of hydrogen-bond acceptors (Lipinski definition) is 3. The van der Waals surface area contributed by atoms with Crippen molar-refractivity contribution < 1.29 is 9.90 Å². The molecule has 0 saturated carbocycles. The van der Waals surface area contributed by atoms with E-state index in [1.54, 1.807) is 6.08 Å². The summed E-state index contributed by atoms with van der Waals surface area (Å²) in [6, 6.07) is 0.267. The predicted molar refractivity (Wildman–Crippen MR) is 45.8 cm³/mol. The Hall–Kier alpha value is -0.870. The molecule has 0 bridgehead atoms. The lowest BCUT2D eigenvalue weighted by Gasteiger charge is -2.10. The molecule has 1 aliphatic rings. The summed E-state index contributed by atoms with van der Waals surface area (Å²) in [5.41, 5.74) is 5.67. The van der Waals surface area contributed by atoms with Crippen molar-refractivity contribution in [2.24, 2.45) is 5.73 Å². The van der Waals surface area contributed by atoms with Gasteiger partial charge in [-0.15, -0.1) is 0 Å². The molecule has 0 amide bonds. The van der Waals surface area contributed by atoms with E-state index >= 15 is 0 Å². The van der Waals surface area contributed by atoms with Gasteiger partial charge < -0.3 is 10.8 Å². The smallest absolute Gasteiger partial charge is 0.328 e. The van der Waals surface area contributed by atoms with Crippen LogP contribution in [0, 0.1) is 0 Å². The molecule has 1 atom stereocenters. The molecule has 1 heterocycles. The van der Waals surface area contributed by atoms with Gasteiger partial charge in [-0.2, -0.15) is 0 Å². The average molecular weight is 170 g/mol. The zero-order valence-corrected chi connectivity index (χ0v) is 6.94. The second kappa shape index (κ2) is 4.23. The van der Waals surface area contributed by atoms with Crippen LogP contribution in [0.5, 0.6) is 0 Å². The molecule has 1 rings (SSSR count). The molecular weight excluding hydrogens is 156 g/mol. The normalized spacial score (nSPS) is 25.2. The van der Waals surface area contributed by atoms with Gasteiger partial charge in [0.1, 0.15) is 0 Å². The second-order valence-corrected chi connectivity index (χ2v) is 3.05. The fraction of sp³-hybridized carbons (Fsp3) is 0.625. The highest BCUT2D eigenvalue weighted by atomic mass is 16.4. The Morgan fingerprint density at radius 2 is 2.50 bits per heavy atom. The van der Waals surface area contributed by atoms with Gasteiger partial charge in [-0.25, -0.2) is 4.79 Å². The monoisotopic (exact) mass is 170 g/mol. The summed E-state index contributed by atoms with van der Waals surface area (Å²) in [4.78, 5) is 12.3. The third-order valence-corrected chi connectivity index (χ3v) is 1.93. The number of rotatable bonds is 3. The van der Waals surface area contributed by atoms with Gasteiger partial charge in [0, 0.05) is 31.8 Å². The zero-order chi connectivity index (χ0) is 8.97. The van der Waals surface area contributed by atoms with E-state index in [1.165, 1.54) is 6.08 Å². The number of likely N-dealkylation sites (tertiary alicyclic amines) is 1. The van der Waals surface area contributed by atoms with Crippen molar-refractivity contribution in [3.05, 3.63) is 12.2 Å². The van der Waals surface area contributed by atoms with E-state index in [2.05, 4.69) is 4.90 Å². The van der Waals surface area contributed by atoms with E-state index < -0.39 is 5.97 Å². The molecule has 0 aromatic carbocycles. The highest BCUT2D eigenvalue weighted by Gasteiger charge is 2.16. The highest BCUT2D eigenvalue weighted by molar-refractivity contribution is 5.79. The number of aliphatic carboxylic acids is 1. The molecule has 1 unspecified atom stereocenters. The number of carboxylic acids is 1. The molecule has 3 N–H and O–H groups in total. The Balaban J connectivity index is 2.20. The topological polar surface area (TPSA) is 66.6 Å². The molecule has 1 saturated heterocycles. The number of carbonyl (C=O) groups is 1. The largest absolute Gasteiger partial charge is 0.478 e. The van der Waals surface area contributed by atoms with Gasteiger partial charge in [0.15, 0.2) is 0 Å². The zero-order valence-electron chi connectivity index (χ0n) is 6.94. The first-order chi connectivity index (χ1) is 5.68. The van der Waals surface area contributed by atoms with Crippen LogP contribution in [0.4, 0.5) is 0 Å². The third kappa shape index (κ3) is 3.02. The van der Waals surface area contributed by atoms with Crippen LogP contribution in [0.2, 0.25) is 0 Å². The van der Waals surface area contributed by atoms with E-state index in [9.17, 15) is 4.79 Å². The van der Waals surface area contributed by atoms with Crippen molar-refractivity contribution in [1.82, 2.24) is 4.90 Å². The number of carboxylic acid groups (broad SMARTS) is 1. The fourth-order valence-corrected chi connectivity index (χ4v) is 1.33. The van der Waals surface area contributed by atoms with Crippen molar-refractivity contribution in [3.8, 4) is 0 Å². The maximum atomic E-state index is 10.1. The first-order valence-corrected chi connectivity index (χ1v) is 4.06. The number of nitrogens with two attached hydrogens (primary N) is 1. The molecular formula is C8H14N2O2. The van der Waals surface area contributed by atoms with E-state index in [4.69, 9.17) is 10.8 Å². The van der Waals surface area contributed by atoms with Crippen LogP contribution >= 0.6 is 0 Å².